The van der Waals surface area contributed by atoms with Gasteiger partial charge in [-0.25, -0.2) is 0 Å². The highest BCUT2D eigenvalue weighted by molar-refractivity contribution is 5.73. The minimum absolute atomic E-state index is 0.0993. The summed E-state index contributed by atoms with van der Waals surface area (Å²) in [6.45, 7) is 3.36. The Bertz CT molecular complexity index is 578. The summed E-state index contributed by atoms with van der Waals surface area (Å²) < 4.78 is 40.6. The summed E-state index contributed by atoms with van der Waals surface area (Å²) in [7, 11) is 0. The van der Waals surface area contributed by atoms with Crippen LogP contribution in [0.4, 0.5) is 13.2 Å². The van der Waals surface area contributed by atoms with E-state index in [0.717, 1.165) is 0 Å². The fourth-order valence-corrected chi connectivity index (χ4v) is 2.02. The number of benzene rings is 1. The number of carboxylic acids is 1. The number of carboxylic acid groups (broad SMARTS) is 1. The van der Waals surface area contributed by atoms with Gasteiger partial charge in [-0.2, -0.15) is 0 Å². The first-order chi connectivity index (χ1) is 11.1. The van der Waals surface area contributed by atoms with Crippen molar-refractivity contribution in [1.29, 1.82) is 0 Å². The van der Waals surface area contributed by atoms with Gasteiger partial charge in [-0.05, 0) is 24.6 Å². The van der Waals surface area contributed by atoms with Crippen molar-refractivity contribution in [1.82, 2.24) is 10.2 Å². The third kappa shape index (κ3) is 7.32. The van der Waals surface area contributed by atoms with Crippen LogP contribution in [-0.2, 0) is 16.1 Å². The van der Waals surface area contributed by atoms with Crippen LogP contribution in [0, 0.1) is 0 Å². The monoisotopic (exact) mass is 348 g/mol. The van der Waals surface area contributed by atoms with Crippen LogP contribution in [0.1, 0.15) is 19.4 Å². The molecule has 0 heterocycles. The lowest BCUT2D eigenvalue weighted by Gasteiger charge is -2.26. The van der Waals surface area contributed by atoms with Crippen LogP contribution in [0.15, 0.2) is 24.3 Å². The molecular formula is C15H19F3N2O4. The van der Waals surface area contributed by atoms with E-state index in [9.17, 15) is 22.8 Å². The van der Waals surface area contributed by atoms with Crippen molar-refractivity contribution in [2.24, 2.45) is 0 Å². The fraction of sp³-hybridized carbons (Fsp3) is 0.467. The van der Waals surface area contributed by atoms with Crippen molar-refractivity contribution < 1.29 is 32.6 Å². The molecular weight excluding hydrogens is 329 g/mol. The highest BCUT2D eigenvalue weighted by atomic mass is 19.4. The number of amides is 1. The molecule has 0 aliphatic rings. The molecule has 1 aromatic rings. The second-order valence-corrected chi connectivity index (χ2v) is 5.16. The highest BCUT2D eigenvalue weighted by Crippen LogP contribution is 2.24. The second-order valence-electron chi connectivity index (χ2n) is 5.16. The Morgan fingerprint density at radius 1 is 1.38 bits per heavy atom. The number of alkyl halides is 3. The number of rotatable bonds is 8. The summed E-state index contributed by atoms with van der Waals surface area (Å²) in [6, 6.07) is 4.47. The first kappa shape index (κ1) is 19.8. The number of hydrogen-bond donors (Lipinski definition) is 2. The minimum atomic E-state index is -4.79. The maximum atomic E-state index is 12.3. The smallest absolute Gasteiger partial charge is 0.480 e. The van der Waals surface area contributed by atoms with E-state index in [4.69, 9.17) is 5.11 Å². The summed E-state index contributed by atoms with van der Waals surface area (Å²) in [4.78, 5) is 23.6. The van der Waals surface area contributed by atoms with Crippen molar-refractivity contribution in [3.05, 3.63) is 29.8 Å². The third-order valence-corrected chi connectivity index (χ3v) is 3.20. The Balaban J connectivity index is 2.83. The van der Waals surface area contributed by atoms with Gasteiger partial charge in [-0.15, -0.1) is 13.2 Å². The van der Waals surface area contributed by atoms with E-state index in [1.54, 1.807) is 6.07 Å². The third-order valence-electron chi connectivity index (χ3n) is 3.20. The summed E-state index contributed by atoms with van der Waals surface area (Å²) in [5.74, 6) is -1.69. The topological polar surface area (TPSA) is 78.9 Å². The van der Waals surface area contributed by atoms with Crippen LogP contribution in [0.25, 0.3) is 0 Å². The maximum Gasteiger partial charge on any atom is 0.573 e. The molecule has 0 aliphatic carbocycles. The minimum Gasteiger partial charge on any atom is -0.480 e. The van der Waals surface area contributed by atoms with Gasteiger partial charge in [-0.1, -0.05) is 12.1 Å². The molecule has 2 N–H and O–H groups in total. The van der Waals surface area contributed by atoms with Gasteiger partial charge in [0.2, 0.25) is 5.91 Å². The van der Waals surface area contributed by atoms with E-state index in [1.807, 2.05) is 0 Å². The molecule has 0 aliphatic heterocycles. The summed E-state index contributed by atoms with van der Waals surface area (Å²) in [6.07, 6.45) is -4.79. The Morgan fingerprint density at radius 2 is 2.04 bits per heavy atom. The molecule has 1 amide bonds. The Hall–Kier alpha value is -2.29. The van der Waals surface area contributed by atoms with E-state index in [-0.39, 0.29) is 31.3 Å². The first-order valence-corrected chi connectivity index (χ1v) is 7.14. The largest absolute Gasteiger partial charge is 0.573 e. The molecule has 0 saturated heterocycles. The Morgan fingerprint density at radius 3 is 2.58 bits per heavy atom. The molecule has 0 bridgehead atoms. The molecule has 134 valence electrons. The summed E-state index contributed by atoms with van der Waals surface area (Å²) in [5.41, 5.74) is 0.465. The highest BCUT2D eigenvalue weighted by Gasteiger charge is 2.31. The lowest BCUT2D eigenvalue weighted by Crippen LogP contribution is -2.42. The molecule has 9 heteroatoms. The van der Waals surface area contributed by atoms with Gasteiger partial charge >= 0.3 is 12.3 Å². The summed E-state index contributed by atoms with van der Waals surface area (Å²) >= 11 is 0. The van der Waals surface area contributed by atoms with Gasteiger partial charge < -0.3 is 15.2 Å². The lowest BCUT2D eigenvalue weighted by atomic mass is 10.1. The molecule has 1 atom stereocenters. The average Bonchev–Trinajstić information content (AvgIpc) is 2.43. The number of aliphatic carboxylic acids is 1. The van der Waals surface area contributed by atoms with Crippen molar-refractivity contribution in [3.8, 4) is 5.75 Å². The quantitative estimate of drug-likeness (QED) is 0.751. The Labute approximate surface area is 137 Å². The van der Waals surface area contributed by atoms with Gasteiger partial charge in [-0.3, -0.25) is 14.5 Å². The Kier molecular flexibility index (Phi) is 7.02. The average molecular weight is 348 g/mol. The SMILES string of the molecule is CC(=O)NCCN(Cc1cccc(OC(F)(F)F)c1)C(C)C(=O)O. The van der Waals surface area contributed by atoms with Gasteiger partial charge in [0.25, 0.3) is 0 Å². The number of halogens is 3. The lowest BCUT2D eigenvalue weighted by molar-refractivity contribution is -0.274. The second kappa shape index (κ2) is 8.53. The molecule has 0 aromatic heterocycles. The van der Waals surface area contributed by atoms with Crippen molar-refractivity contribution >= 4 is 11.9 Å². The van der Waals surface area contributed by atoms with Crippen LogP contribution in [-0.4, -0.2) is 47.4 Å². The normalized spacial score (nSPS) is 12.8. The van der Waals surface area contributed by atoms with Crippen molar-refractivity contribution in [2.45, 2.75) is 32.8 Å². The van der Waals surface area contributed by atoms with Gasteiger partial charge in [0, 0.05) is 26.6 Å². The molecule has 1 aromatic carbocycles. The predicted molar refractivity (Wildman–Crippen MR) is 79.3 cm³/mol. The molecule has 0 saturated carbocycles. The number of nitrogens with one attached hydrogen (secondary N) is 1. The first-order valence-electron chi connectivity index (χ1n) is 7.14. The van der Waals surface area contributed by atoms with E-state index < -0.39 is 18.4 Å². The van der Waals surface area contributed by atoms with E-state index in [2.05, 4.69) is 10.1 Å². The van der Waals surface area contributed by atoms with Crippen LogP contribution in [0.5, 0.6) is 5.75 Å². The van der Waals surface area contributed by atoms with E-state index >= 15 is 0 Å². The molecule has 1 unspecified atom stereocenters. The zero-order valence-electron chi connectivity index (χ0n) is 13.3. The van der Waals surface area contributed by atoms with Crippen LogP contribution in [0.2, 0.25) is 0 Å². The fourth-order valence-electron chi connectivity index (χ4n) is 2.02. The van der Waals surface area contributed by atoms with Crippen LogP contribution >= 0.6 is 0 Å². The molecule has 24 heavy (non-hydrogen) atoms. The summed E-state index contributed by atoms with van der Waals surface area (Å²) in [5, 5.41) is 11.7. The van der Waals surface area contributed by atoms with E-state index in [0.29, 0.717) is 5.56 Å². The number of hydrogen-bond acceptors (Lipinski definition) is 4. The van der Waals surface area contributed by atoms with Crippen molar-refractivity contribution in [2.75, 3.05) is 13.1 Å². The number of carbonyl (C=O) groups excluding carboxylic acids is 1. The predicted octanol–water partition coefficient (Wildman–Crippen LogP) is 2.00. The maximum absolute atomic E-state index is 12.3. The number of ether oxygens (including phenoxy) is 1. The number of nitrogens with zero attached hydrogens (tertiary/aromatic N) is 1. The molecule has 6 nitrogen and oxygen atoms in total. The van der Waals surface area contributed by atoms with E-state index in [1.165, 1.54) is 36.9 Å². The van der Waals surface area contributed by atoms with Crippen LogP contribution in [0.3, 0.4) is 0 Å². The van der Waals surface area contributed by atoms with Gasteiger partial charge in [0.1, 0.15) is 11.8 Å². The zero-order valence-corrected chi connectivity index (χ0v) is 13.3. The van der Waals surface area contributed by atoms with Crippen molar-refractivity contribution in [3.63, 3.8) is 0 Å². The van der Waals surface area contributed by atoms with Gasteiger partial charge in [0.15, 0.2) is 0 Å². The molecule has 1 rings (SSSR count). The number of carbonyl (C=O) groups is 2. The molecule has 0 radical (unpaired) electrons. The molecule has 0 fully saturated rings. The standard InChI is InChI=1S/C15H19F3N2O4/c1-10(14(22)23)20(7-6-19-11(2)21)9-12-4-3-5-13(8-12)24-15(16,17)18/h3-5,8,10H,6-7,9H2,1-2H3,(H,19,21)(H,22,23). The zero-order chi connectivity index (χ0) is 18.3. The van der Waals surface area contributed by atoms with Crippen LogP contribution < -0.4 is 10.1 Å². The molecule has 0 spiro atoms. The van der Waals surface area contributed by atoms with Gasteiger partial charge in [0.05, 0.1) is 0 Å².